The van der Waals surface area contributed by atoms with Crippen LogP contribution in [0.3, 0.4) is 0 Å². The molecule has 0 aliphatic rings. The highest BCUT2D eigenvalue weighted by Gasteiger charge is 2.09. The molecule has 0 bridgehead atoms. The zero-order valence-corrected chi connectivity index (χ0v) is 10.3. The molecule has 0 spiro atoms. The number of H-pyrrole nitrogens is 1. The van der Waals surface area contributed by atoms with E-state index in [1.165, 1.54) is 12.1 Å². The number of pyridine rings is 1. The molecule has 0 unspecified atom stereocenters. The Balaban J connectivity index is 2.73. The maximum atomic E-state index is 13.6. The number of aromatic amines is 1. The minimum atomic E-state index is -0.456. The Bertz CT molecular complexity index is 613. The fourth-order valence-corrected chi connectivity index (χ4v) is 2.06. The second-order valence-electron chi connectivity index (χ2n) is 4.87. The molecule has 90 valence electrons. The van der Waals surface area contributed by atoms with Crippen LogP contribution in [-0.2, 0) is 6.42 Å². The van der Waals surface area contributed by atoms with Crippen molar-refractivity contribution in [3.8, 4) is 0 Å². The molecule has 2 aromatic rings. The van der Waals surface area contributed by atoms with Crippen molar-refractivity contribution in [3.63, 3.8) is 0 Å². The number of nitrogens with one attached hydrogen (secondary N) is 1. The molecule has 1 aromatic heterocycles. The number of hydrogen-bond acceptors (Lipinski definition) is 1. The highest BCUT2D eigenvalue weighted by Crippen LogP contribution is 2.17. The first-order valence-corrected chi connectivity index (χ1v) is 5.80. The van der Waals surface area contributed by atoms with Crippen molar-refractivity contribution in [2.45, 2.75) is 27.2 Å². The Morgan fingerprint density at radius 1 is 1.35 bits per heavy atom. The van der Waals surface area contributed by atoms with Crippen LogP contribution in [-0.4, -0.2) is 4.98 Å². The van der Waals surface area contributed by atoms with Gasteiger partial charge in [0.05, 0.1) is 10.9 Å². The lowest BCUT2D eigenvalue weighted by Gasteiger charge is -2.09. The number of hydrogen-bond donors (Lipinski definition) is 1. The van der Waals surface area contributed by atoms with Gasteiger partial charge < -0.3 is 4.98 Å². The first-order chi connectivity index (χ1) is 7.99. The lowest BCUT2D eigenvalue weighted by Crippen LogP contribution is -2.09. The van der Waals surface area contributed by atoms with Gasteiger partial charge in [0.1, 0.15) is 5.82 Å². The van der Waals surface area contributed by atoms with Crippen LogP contribution in [0.5, 0.6) is 0 Å². The third-order valence-electron chi connectivity index (χ3n) is 2.83. The maximum Gasteiger partial charge on any atom is 0.192 e. The summed E-state index contributed by atoms with van der Waals surface area (Å²) >= 11 is 0. The van der Waals surface area contributed by atoms with Crippen LogP contribution in [0.2, 0.25) is 0 Å². The first kappa shape index (κ1) is 11.8. The molecule has 1 heterocycles. The molecule has 0 saturated heterocycles. The zero-order valence-electron chi connectivity index (χ0n) is 10.3. The standard InChI is InChI=1S/C14H16FNO/c1-8(2)6-10-7-12(17)13-11(15)5-4-9(3)14(13)16-10/h4-5,7-8H,6H2,1-3H3,(H,16,17). The van der Waals surface area contributed by atoms with E-state index in [1.54, 1.807) is 6.07 Å². The van der Waals surface area contributed by atoms with Gasteiger partial charge in [-0.25, -0.2) is 4.39 Å². The van der Waals surface area contributed by atoms with Crippen LogP contribution < -0.4 is 5.43 Å². The molecule has 0 aliphatic carbocycles. The SMILES string of the molecule is Cc1ccc(F)c2c(=O)cc(CC(C)C)[nH]c12. The van der Waals surface area contributed by atoms with E-state index in [0.29, 0.717) is 11.4 Å². The second kappa shape index (κ2) is 4.32. The van der Waals surface area contributed by atoms with Crippen molar-refractivity contribution in [2.75, 3.05) is 0 Å². The van der Waals surface area contributed by atoms with Crippen LogP contribution in [0.4, 0.5) is 4.39 Å². The minimum absolute atomic E-state index is 0.164. The Labute approximate surface area is 99.5 Å². The summed E-state index contributed by atoms with van der Waals surface area (Å²) in [5.41, 5.74) is 2.14. The highest BCUT2D eigenvalue weighted by molar-refractivity contribution is 5.82. The minimum Gasteiger partial charge on any atom is -0.358 e. The van der Waals surface area contributed by atoms with E-state index in [2.05, 4.69) is 18.8 Å². The zero-order chi connectivity index (χ0) is 12.6. The number of rotatable bonds is 2. The third kappa shape index (κ3) is 2.23. The molecule has 1 aromatic carbocycles. The van der Waals surface area contributed by atoms with E-state index in [1.807, 2.05) is 6.92 Å². The van der Waals surface area contributed by atoms with Gasteiger partial charge in [0.2, 0.25) is 0 Å². The van der Waals surface area contributed by atoms with E-state index < -0.39 is 5.82 Å². The molecular weight excluding hydrogens is 217 g/mol. The van der Waals surface area contributed by atoms with Crippen molar-refractivity contribution in [3.05, 3.63) is 45.5 Å². The summed E-state index contributed by atoms with van der Waals surface area (Å²) in [4.78, 5) is 15.1. The van der Waals surface area contributed by atoms with Crippen molar-refractivity contribution >= 4 is 10.9 Å². The molecule has 2 nitrogen and oxygen atoms in total. The molecule has 0 amide bonds. The van der Waals surface area contributed by atoms with Crippen LogP contribution in [0.15, 0.2) is 23.0 Å². The number of benzene rings is 1. The molecule has 2 rings (SSSR count). The summed E-state index contributed by atoms with van der Waals surface area (Å²) in [6.07, 6.45) is 0.793. The average Bonchev–Trinajstić information content (AvgIpc) is 2.22. The molecule has 1 N–H and O–H groups in total. The van der Waals surface area contributed by atoms with Gasteiger partial charge >= 0.3 is 0 Å². The van der Waals surface area contributed by atoms with Gasteiger partial charge in [0.25, 0.3) is 0 Å². The van der Waals surface area contributed by atoms with Gasteiger partial charge in [0, 0.05) is 11.8 Å². The van der Waals surface area contributed by atoms with Crippen LogP contribution >= 0.6 is 0 Å². The topological polar surface area (TPSA) is 32.9 Å². The smallest absolute Gasteiger partial charge is 0.192 e. The summed E-state index contributed by atoms with van der Waals surface area (Å²) < 4.78 is 13.6. The second-order valence-corrected chi connectivity index (χ2v) is 4.87. The fraction of sp³-hybridized carbons (Fsp3) is 0.357. The predicted molar refractivity (Wildman–Crippen MR) is 67.8 cm³/mol. The van der Waals surface area contributed by atoms with Gasteiger partial charge in [-0.2, -0.15) is 0 Å². The van der Waals surface area contributed by atoms with E-state index in [0.717, 1.165) is 17.7 Å². The van der Waals surface area contributed by atoms with Crippen LogP contribution in [0.25, 0.3) is 10.9 Å². The van der Waals surface area contributed by atoms with Crippen molar-refractivity contribution < 1.29 is 4.39 Å². The average molecular weight is 233 g/mol. The largest absolute Gasteiger partial charge is 0.358 e. The Kier molecular flexibility index (Phi) is 3.01. The van der Waals surface area contributed by atoms with Gasteiger partial charge in [0.15, 0.2) is 5.43 Å². The number of halogens is 1. The lowest BCUT2D eigenvalue weighted by molar-refractivity contribution is 0.632. The van der Waals surface area contributed by atoms with E-state index in [-0.39, 0.29) is 10.8 Å². The van der Waals surface area contributed by atoms with Crippen molar-refractivity contribution in [1.29, 1.82) is 0 Å². The normalized spacial score (nSPS) is 11.4. The number of aryl methyl sites for hydroxylation is 1. The Morgan fingerprint density at radius 3 is 2.71 bits per heavy atom. The quantitative estimate of drug-likeness (QED) is 0.849. The Morgan fingerprint density at radius 2 is 2.06 bits per heavy atom. The maximum absolute atomic E-state index is 13.6. The molecule has 0 radical (unpaired) electrons. The summed E-state index contributed by atoms with van der Waals surface area (Å²) in [5.74, 6) is -0.0000813. The molecule has 0 fully saturated rings. The van der Waals surface area contributed by atoms with Crippen LogP contribution in [0.1, 0.15) is 25.1 Å². The van der Waals surface area contributed by atoms with Gasteiger partial charge in [-0.05, 0) is 30.9 Å². The summed E-state index contributed by atoms with van der Waals surface area (Å²) in [5, 5.41) is 0.164. The molecule has 0 saturated carbocycles. The molecule has 3 heteroatoms. The lowest BCUT2D eigenvalue weighted by atomic mass is 10.0. The number of aromatic nitrogens is 1. The predicted octanol–water partition coefficient (Wildman–Crippen LogP) is 3.17. The van der Waals surface area contributed by atoms with Gasteiger partial charge in [-0.1, -0.05) is 19.9 Å². The Hall–Kier alpha value is -1.64. The first-order valence-electron chi connectivity index (χ1n) is 5.80. The van der Waals surface area contributed by atoms with E-state index in [4.69, 9.17) is 0 Å². The number of fused-ring (bicyclic) bond motifs is 1. The summed E-state index contributed by atoms with van der Waals surface area (Å²) in [6.45, 7) is 6.04. The summed E-state index contributed by atoms with van der Waals surface area (Å²) in [7, 11) is 0. The molecule has 0 aliphatic heterocycles. The van der Waals surface area contributed by atoms with E-state index >= 15 is 0 Å². The molecule has 17 heavy (non-hydrogen) atoms. The van der Waals surface area contributed by atoms with Gasteiger partial charge in [-0.15, -0.1) is 0 Å². The molecular formula is C14H16FNO. The van der Waals surface area contributed by atoms with Crippen molar-refractivity contribution in [2.24, 2.45) is 5.92 Å². The third-order valence-corrected chi connectivity index (χ3v) is 2.83. The van der Waals surface area contributed by atoms with Crippen LogP contribution in [0, 0.1) is 18.7 Å². The van der Waals surface area contributed by atoms with Crippen molar-refractivity contribution in [1.82, 2.24) is 4.98 Å². The molecule has 0 atom stereocenters. The fourth-order valence-electron chi connectivity index (χ4n) is 2.06. The van der Waals surface area contributed by atoms with E-state index in [9.17, 15) is 9.18 Å². The van der Waals surface area contributed by atoms with Gasteiger partial charge in [-0.3, -0.25) is 4.79 Å². The monoisotopic (exact) mass is 233 g/mol. The summed E-state index contributed by atoms with van der Waals surface area (Å²) in [6, 6.07) is 4.53. The highest BCUT2D eigenvalue weighted by atomic mass is 19.1.